The summed E-state index contributed by atoms with van der Waals surface area (Å²) in [5.41, 5.74) is 18.6. The van der Waals surface area contributed by atoms with Gasteiger partial charge in [0.05, 0.1) is 18.9 Å². The number of nitrogens with zero attached hydrogens (tertiary/aromatic N) is 2. The summed E-state index contributed by atoms with van der Waals surface area (Å²) in [6.45, 7) is 0.100. The molecule has 0 aromatic carbocycles. The Bertz CT molecular complexity index is 943. The van der Waals surface area contributed by atoms with Gasteiger partial charge in [0.15, 0.2) is 11.6 Å². The zero-order valence-corrected chi connectivity index (χ0v) is 20.2. The molecule has 0 aliphatic carbocycles. The summed E-state index contributed by atoms with van der Waals surface area (Å²) in [5, 5.41) is 28.3. The Hall–Kier alpha value is -3.44. The fourth-order valence-electron chi connectivity index (χ4n) is 4.53. The van der Waals surface area contributed by atoms with Crippen molar-refractivity contribution in [1.82, 2.24) is 4.90 Å². The molecule has 2 rings (SSSR count). The minimum atomic E-state index is -2.29. The van der Waals surface area contributed by atoms with Gasteiger partial charge in [0.2, 0.25) is 5.91 Å². The van der Waals surface area contributed by atoms with E-state index >= 15 is 0 Å². The van der Waals surface area contributed by atoms with Crippen LogP contribution in [0.3, 0.4) is 0 Å². The lowest BCUT2D eigenvalue weighted by atomic mass is 9.72. The van der Waals surface area contributed by atoms with E-state index in [1.807, 2.05) is 0 Å². The van der Waals surface area contributed by atoms with E-state index in [0.29, 0.717) is 6.42 Å². The van der Waals surface area contributed by atoms with Gasteiger partial charge in [-0.1, -0.05) is 0 Å². The molecule has 11 N–H and O–H groups in total. The molecule has 16 nitrogen and oxygen atoms in total. The first kappa shape index (κ1) is 29.8. The van der Waals surface area contributed by atoms with Crippen LogP contribution in [0.1, 0.15) is 38.5 Å². The highest BCUT2D eigenvalue weighted by Gasteiger charge is 2.52. The number of amides is 1. The number of piperidine rings is 1. The third kappa shape index (κ3) is 8.03. The van der Waals surface area contributed by atoms with E-state index in [4.69, 9.17) is 37.3 Å². The number of hydrogen-bond acceptors (Lipinski definition) is 10. The maximum Gasteiger partial charge on any atom is 0.528 e. The van der Waals surface area contributed by atoms with Crippen molar-refractivity contribution in [2.45, 2.75) is 62.0 Å². The maximum absolute atomic E-state index is 12.9. The predicted octanol–water partition coefficient (Wildman–Crippen LogP) is -2.86. The van der Waals surface area contributed by atoms with Crippen molar-refractivity contribution >= 4 is 42.9 Å². The molecular weight excluding hydrogens is 495 g/mol. The first-order valence-corrected chi connectivity index (χ1v) is 11.6. The van der Waals surface area contributed by atoms with E-state index in [9.17, 15) is 34.2 Å². The fourth-order valence-corrected chi connectivity index (χ4v) is 4.53. The minimum absolute atomic E-state index is 0.0221. The van der Waals surface area contributed by atoms with Gasteiger partial charge in [-0.05, 0) is 37.9 Å². The second kappa shape index (κ2) is 12.2. The Kier molecular flexibility index (Phi) is 9.83. The molecule has 0 bridgehead atoms. The third-order valence-electron chi connectivity index (χ3n) is 6.31. The van der Waals surface area contributed by atoms with Crippen LogP contribution in [0.5, 0.6) is 0 Å². The fraction of sp³-hybridized carbons (Fsp3) is 0.700. The predicted molar refractivity (Wildman–Crippen MR) is 127 cm³/mol. The average molecular weight is 528 g/mol. The van der Waals surface area contributed by atoms with Gasteiger partial charge in [-0.15, -0.1) is 0 Å². The highest BCUT2D eigenvalue weighted by atomic mass is 16.6. The number of carboxylic acid groups (broad SMARTS) is 3. The van der Waals surface area contributed by atoms with Gasteiger partial charge < -0.3 is 52.5 Å². The second-order valence-electron chi connectivity index (χ2n) is 9.47. The standard InChI is InChI=1S/C20H33BN6O10/c22-12(2-1-5-26-18(23)24)15(31)27-9-11(6-19(25,10-27)16(32)33)3-4-21-36-14(30)8-20(37-21,17(34)35)7-13(28)29/h11-12H,1-10,22,25H2,(H,28,29)(H,32,33)(H,34,35)(H4,23,24,26)/t11-,12?,19+,20?/m0/s1. The van der Waals surface area contributed by atoms with Crippen LogP contribution < -0.4 is 22.9 Å². The number of carbonyl (C=O) groups is 5. The molecule has 1 amide bonds. The van der Waals surface area contributed by atoms with E-state index < -0.39 is 72.8 Å². The molecule has 0 radical (unpaired) electrons. The van der Waals surface area contributed by atoms with Crippen molar-refractivity contribution in [1.29, 1.82) is 0 Å². The van der Waals surface area contributed by atoms with Gasteiger partial charge in [-0.25, -0.2) is 4.79 Å². The second-order valence-corrected chi connectivity index (χ2v) is 9.47. The number of aliphatic imine (C=N–C) groups is 1. The SMILES string of the molecule is NC(N)=NCCCC(N)C(=O)N1C[C@@H](CCB2OC(=O)CC(CC(=O)O)(C(=O)O)O2)C[C@](N)(C(=O)O)C1. The van der Waals surface area contributed by atoms with Crippen molar-refractivity contribution in [2.75, 3.05) is 19.6 Å². The van der Waals surface area contributed by atoms with Gasteiger partial charge in [0.25, 0.3) is 5.97 Å². The molecule has 0 aromatic heterocycles. The van der Waals surface area contributed by atoms with Gasteiger partial charge in [0, 0.05) is 19.6 Å². The van der Waals surface area contributed by atoms with Crippen molar-refractivity contribution in [3.05, 3.63) is 0 Å². The largest absolute Gasteiger partial charge is 0.528 e. The number of nitrogens with two attached hydrogens (primary N) is 4. The quantitative estimate of drug-likeness (QED) is 0.0580. The maximum atomic E-state index is 12.9. The lowest BCUT2D eigenvalue weighted by Gasteiger charge is -2.43. The highest BCUT2D eigenvalue weighted by Crippen LogP contribution is 2.33. The van der Waals surface area contributed by atoms with Crippen molar-refractivity contribution in [2.24, 2.45) is 33.8 Å². The molecule has 2 saturated heterocycles. The normalized spacial score (nSPS) is 26.6. The molecule has 37 heavy (non-hydrogen) atoms. The van der Waals surface area contributed by atoms with Gasteiger partial charge in [-0.2, -0.15) is 0 Å². The summed E-state index contributed by atoms with van der Waals surface area (Å²) in [5.74, 6) is -6.43. The Labute approximate surface area is 212 Å². The van der Waals surface area contributed by atoms with Gasteiger partial charge in [0.1, 0.15) is 5.54 Å². The lowest BCUT2D eigenvalue weighted by Crippen LogP contribution is -2.64. The van der Waals surface area contributed by atoms with Crippen molar-refractivity contribution < 1.29 is 48.6 Å². The van der Waals surface area contributed by atoms with E-state index in [0.717, 1.165) is 0 Å². The first-order chi connectivity index (χ1) is 17.2. The van der Waals surface area contributed by atoms with E-state index in [2.05, 4.69) is 4.99 Å². The average Bonchev–Trinajstić information content (AvgIpc) is 2.78. The summed E-state index contributed by atoms with van der Waals surface area (Å²) in [7, 11) is -1.38. The monoisotopic (exact) mass is 528 g/mol. The first-order valence-electron chi connectivity index (χ1n) is 11.6. The zero-order chi connectivity index (χ0) is 28.0. The summed E-state index contributed by atoms with van der Waals surface area (Å²) in [6, 6.07) is -0.944. The van der Waals surface area contributed by atoms with Crippen molar-refractivity contribution in [3.63, 3.8) is 0 Å². The Morgan fingerprint density at radius 3 is 2.43 bits per heavy atom. The molecule has 0 saturated carbocycles. The van der Waals surface area contributed by atoms with Crippen LogP contribution in [0.15, 0.2) is 4.99 Å². The van der Waals surface area contributed by atoms with E-state index in [1.165, 1.54) is 4.90 Å². The topological polar surface area (TPSA) is 284 Å². The third-order valence-corrected chi connectivity index (χ3v) is 6.31. The Morgan fingerprint density at radius 2 is 1.86 bits per heavy atom. The molecule has 2 aliphatic rings. The van der Waals surface area contributed by atoms with E-state index in [-0.39, 0.29) is 51.2 Å². The molecule has 2 aliphatic heterocycles. The van der Waals surface area contributed by atoms with Crippen LogP contribution in [0.2, 0.25) is 6.32 Å². The summed E-state index contributed by atoms with van der Waals surface area (Å²) >= 11 is 0. The van der Waals surface area contributed by atoms with Crippen LogP contribution in [-0.2, 0) is 33.3 Å². The molecule has 0 aromatic rings. The van der Waals surface area contributed by atoms with Crippen LogP contribution in [0.25, 0.3) is 0 Å². The number of rotatable bonds is 12. The molecular formula is C20H33BN6O10. The Morgan fingerprint density at radius 1 is 1.19 bits per heavy atom. The van der Waals surface area contributed by atoms with Crippen LogP contribution in [0.4, 0.5) is 0 Å². The number of guanidine groups is 1. The van der Waals surface area contributed by atoms with Gasteiger partial charge >= 0.3 is 25.0 Å². The number of aliphatic carboxylic acids is 3. The number of likely N-dealkylation sites (tertiary alicyclic amines) is 1. The minimum Gasteiger partial charge on any atom is -0.509 e. The Balaban J connectivity index is 2.09. The molecule has 2 heterocycles. The molecule has 17 heteroatoms. The highest BCUT2D eigenvalue weighted by molar-refractivity contribution is 6.48. The number of hydrogen-bond donors (Lipinski definition) is 7. The summed E-state index contributed by atoms with van der Waals surface area (Å²) in [4.78, 5) is 64.9. The van der Waals surface area contributed by atoms with Crippen LogP contribution >= 0.6 is 0 Å². The summed E-state index contributed by atoms with van der Waals surface area (Å²) in [6.07, 6.45) is -1.03. The summed E-state index contributed by atoms with van der Waals surface area (Å²) < 4.78 is 10.4. The van der Waals surface area contributed by atoms with Crippen LogP contribution in [-0.4, -0.2) is 99.9 Å². The van der Waals surface area contributed by atoms with Gasteiger partial charge in [-0.3, -0.25) is 24.2 Å². The van der Waals surface area contributed by atoms with Crippen LogP contribution in [0, 0.1) is 5.92 Å². The van der Waals surface area contributed by atoms with E-state index in [1.54, 1.807) is 0 Å². The molecule has 2 unspecified atom stereocenters. The molecule has 0 spiro atoms. The molecule has 206 valence electrons. The van der Waals surface area contributed by atoms with Crippen molar-refractivity contribution in [3.8, 4) is 0 Å². The molecule has 2 fully saturated rings. The number of carboxylic acids is 3. The lowest BCUT2D eigenvalue weighted by molar-refractivity contribution is -0.174. The number of carbonyl (C=O) groups excluding carboxylic acids is 2. The smallest absolute Gasteiger partial charge is 0.509 e. The molecule has 4 atom stereocenters. The zero-order valence-electron chi connectivity index (χ0n) is 20.2.